The maximum atomic E-state index is 6.35. The number of thiazole rings is 1. The molecular weight excluding hydrogens is 520 g/mol. The normalized spacial score (nSPS) is 11.4. The molecule has 0 fully saturated rings. The largest absolute Gasteiger partial charge is 0.456 e. The molecule has 0 saturated carbocycles. The quantitative estimate of drug-likeness (QED) is 0.216. The number of anilines is 3. The number of rotatable bonds is 5. The molecule has 41 heavy (non-hydrogen) atoms. The van der Waals surface area contributed by atoms with Crippen molar-refractivity contribution in [2.45, 2.75) is 0 Å². The highest BCUT2D eigenvalue weighted by Crippen LogP contribution is 2.43. The van der Waals surface area contributed by atoms with Gasteiger partial charge in [-0.25, -0.2) is 4.98 Å². The third-order valence-electron chi connectivity index (χ3n) is 7.50. The lowest BCUT2D eigenvalue weighted by Gasteiger charge is -2.25. The molecule has 0 bridgehead atoms. The lowest BCUT2D eigenvalue weighted by atomic mass is 10.0. The lowest BCUT2D eigenvalue weighted by molar-refractivity contribution is 0.669. The number of aromatic nitrogens is 1. The van der Waals surface area contributed by atoms with Crippen molar-refractivity contribution in [3.63, 3.8) is 0 Å². The average Bonchev–Trinajstić information content (AvgIpc) is 3.64. The van der Waals surface area contributed by atoms with Gasteiger partial charge >= 0.3 is 0 Å². The third-order valence-corrected chi connectivity index (χ3v) is 8.64. The van der Waals surface area contributed by atoms with Gasteiger partial charge in [-0.1, -0.05) is 91.0 Å². The molecule has 0 spiro atoms. The van der Waals surface area contributed by atoms with Gasteiger partial charge in [0.15, 0.2) is 0 Å². The summed E-state index contributed by atoms with van der Waals surface area (Å²) >= 11 is 1.72. The van der Waals surface area contributed by atoms with E-state index in [1.807, 2.05) is 18.2 Å². The minimum atomic E-state index is 0.873. The predicted molar refractivity (Wildman–Crippen MR) is 172 cm³/mol. The molecule has 2 aromatic heterocycles. The summed E-state index contributed by atoms with van der Waals surface area (Å²) in [6, 6.07) is 50.7. The molecule has 6 aromatic carbocycles. The Hall–Kier alpha value is -5.19. The van der Waals surface area contributed by atoms with Crippen LogP contribution in [-0.2, 0) is 0 Å². The summed E-state index contributed by atoms with van der Waals surface area (Å²) in [6.07, 6.45) is 0. The first kappa shape index (κ1) is 23.7. The van der Waals surface area contributed by atoms with Gasteiger partial charge in [0.1, 0.15) is 16.2 Å². The third kappa shape index (κ3) is 4.17. The molecule has 2 heterocycles. The van der Waals surface area contributed by atoms with Crippen LogP contribution in [0.2, 0.25) is 0 Å². The molecule has 0 aliphatic rings. The van der Waals surface area contributed by atoms with Crippen molar-refractivity contribution in [2.24, 2.45) is 0 Å². The second-order valence-corrected chi connectivity index (χ2v) is 11.0. The van der Waals surface area contributed by atoms with Crippen LogP contribution < -0.4 is 4.90 Å². The summed E-state index contributed by atoms with van der Waals surface area (Å²) in [4.78, 5) is 7.27. The number of hydrogen-bond donors (Lipinski definition) is 0. The summed E-state index contributed by atoms with van der Waals surface area (Å²) in [5.41, 5.74) is 9.54. The van der Waals surface area contributed by atoms with Gasteiger partial charge in [0.05, 0.1) is 10.2 Å². The fraction of sp³-hybridized carbons (Fsp3) is 0. The van der Waals surface area contributed by atoms with Crippen LogP contribution in [0.1, 0.15) is 0 Å². The highest BCUT2D eigenvalue weighted by atomic mass is 32.1. The van der Waals surface area contributed by atoms with Crippen molar-refractivity contribution in [1.82, 2.24) is 4.98 Å². The van der Waals surface area contributed by atoms with Crippen molar-refractivity contribution in [3.05, 3.63) is 146 Å². The summed E-state index contributed by atoms with van der Waals surface area (Å²) in [5.74, 6) is 0. The lowest BCUT2D eigenvalue weighted by Crippen LogP contribution is -2.09. The Balaban J connectivity index is 1.29. The van der Waals surface area contributed by atoms with E-state index in [-0.39, 0.29) is 0 Å². The molecule has 0 unspecified atom stereocenters. The van der Waals surface area contributed by atoms with Gasteiger partial charge in [-0.2, -0.15) is 0 Å². The van der Waals surface area contributed by atoms with E-state index in [4.69, 9.17) is 9.40 Å². The van der Waals surface area contributed by atoms with E-state index in [2.05, 4.69) is 132 Å². The van der Waals surface area contributed by atoms with Crippen LogP contribution in [0.4, 0.5) is 17.1 Å². The molecular formula is C37H24N2OS. The number of nitrogens with zero attached hydrogens (tertiary/aromatic N) is 2. The van der Waals surface area contributed by atoms with Crippen LogP contribution in [0, 0.1) is 0 Å². The maximum absolute atomic E-state index is 6.35. The smallest absolute Gasteiger partial charge is 0.137 e. The Kier molecular flexibility index (Phi) is 5.64. The number of para-hydroxylation sites is 1. The molecule has 0 radical (unpaired) electrons. The summed E-state index contributed by atoms with van der Waals surface area (Å²) < 4.78 is 7.50. The molecule has 8 aromatic rings. The number of fused-ring (bicyclic) bond motifs is 5. The Morgan fingerprint density at radius 2 is 1.10 bits per heavy atom. The van der Waals surface area contributed by atoms with E-state index in [1.54, 1.807) is 11.3 Å². The zero-order valence-corrected chi connectivity index (χ0v) is 22.9. The molecule has 4 heteroatoms. The fourth-order valence-corrected chi connectivity index (χ4v) is 6.66. The fourth-order valence-electron chi connectivity index (χ4n) is 5.54. The van der Waals surface area contributed by atoms with Gasteiger partial charge in [-0.3, -0.25) is 0 Å². The molecule has 0 aliphatic heterocycles. The van der Waals surface area contributed by atoms with Gasteiger partial charge in [-0.15, -0.1) is 11.3 Å². The first-order valence-electron chi connectivity index (χ1n) is 13.6. The van der Waals surface area contributed by atoms with Gasteiger partial charge in [0.25, 0.3) is 0 Å². The summed E-state index contributed by atoms with van der Waals surface area (Å²) in [6.45, 7) is 0. The molecule has 3 nitrogen and oxygen atoms in total. The first-order chi connectivity index (χ1) is 20.3. The van der Waals surface area contributed by atoms with Gasteiger partial charge in [-0.05, 0) is 65.7 Å². The van der Waals surface area contributed by atoms with E-state index >= 15 is 0 Å². The Labute approximate surface area is 241 Å². The van der Waals surface area contributed by atoms with Crippen molar-refractivity contribution < 1.29 is 4.42 Å². The van der Waals surface area contributed by atoms with E-state index in [9.17, 15) is 0 Å². The maximum Gasteiger partial charge on any atom is 0.137 e. The van der Waals surface area contributed by atoms with Gasteiger partial charge in [0.2, 0.25) is 0 Å². The van der Waals surface area contributed by atoms with Crippen LogP contribution in [0.25, 0.3) is 53.9 Å². The molecule has 0 N–H and O–H groups in total. The first-order valence-corrected chi connectivity index (χ1v) is 14.5. The number of furan rings is 1. The zero-order chi connectivity index (χ0) is 27.2. The average molecular weight is 545 g/mol. The van der Waals surface area contributed by atoms with Crippen LogP contribution in [0.5, 0.6) is 0 Å². The molecule has 194 valence electrons. The molecule has 8 rings (SSSR count). The molecule has 0 saturated heterocycles. The predicted octanol–water partition coefficient (Wildman–Crippen LogP) is 11.0. The minimum Gasteiger partial charge on any atom is -0.456 e. The van der Waals surface area contributed by atoms with Crippen LogP contribution in [0.3, 0.4) is 0 Å². The monoisotopic (exact) mass is 544 g/mol. The summed E-state index contributed by atoms with van der Waals surface area (Å²) in [7, 11) is 0. The minimum absolute atomic E-state index is 0.873. The Bertz CT molecular complexity index is 2130. The van der Waals surface area contributed by atoms with Crippen molar-refractivity contribution in [2.75, 3.05) is 4.90 Å². The SMILES string of the molecule is c1ccc(-c2ccc(N(c3ccccc3)c3ccc4oc5ccc6nc(-c7ccccc7)sc6c5c4c3)cc2)cc1. The molecule has 0 atom stereocenters. The van der Waals surface area contributed by atoms with E-state index < -0.39 is 0 Å². The van der Waals surface area contributed by atoms with Crippen molar-refractivity contribution >= 4 is 60.6 Å². The Morgan fingerprint density at radius 1 is 0.512 bits per heavy atom. The van der Waals surface area contributed by atoms with Crippen LogP contribution >= 0.6 is 11.3 Å². The highest BCUT2D eigenvalue weighted by Gasteiger charge is 2.18. The summed E-state index contributed by atoms with van der Waals surface area (Å²) in [5, 5.41) is 3.22. The number of hydrogen-bond acceptors (Lipinski definition) is 4. The van der Waals surface area contributed by atoms with Crippen molar-refractivity contribution in [1.29, 1.82) is 0 Å². The van der Waals surface area contributed by atoms with Gasteiger partial charge in [0, 0.05) is 33.4 Å². The topological polar surface area (TPSA) is 29.3 Å². The number of benzene rings is 6. The molecule has 0 amide bonds. The van der Waals surface area contributed by atoms with Crippen LogP contribution in [0.15, 0.2) is 150 Å². The zero-order valence-electron chi connectivity index (χ0n) is 22.1. The second kappa shape index (κ2) is 9.77. The van der Waals surface area contributed by atoms with Crippen molar-refractivity contribution in [3.8, 4) is 21.7 Å². The van der Waals surface area contributed by atoms with E-state index in [0.717, 1.165) is 59.8 Å². The molecule has 0 aliphatic carbocycles. The van der Waals surface area contributed by atoms with E-state index in [1.165, 1.54) is 11.1 Å². The Morgan fingerprint density at radius 3 is 1.83 bits per heavy atom. The highest BCUT2D eigenvalue weighted by molar-refractivity contribution is 7.22. The van der Waals surface area contributed by atoms with Gasteiger partial charge < -0.3 is 9.32 Å². The van der Waals surface area contributed by atoms with E-state index in [0.29, 0.717) is 0 Å². The van der Waals surface area contributed by atoms with Crippen LogP contribution in [-0.4, -0.2) is 4.98 Å². The second-order valence-electron chi connectivity index (χ2n) is 10.0. The standard InChI is InChI=1S/C37H24N2OS/c1-4-10-25(11-5-1)26-16-18-29(19-17-26)39(28-14-8-3-9-15-28)30-20-22-33-31(24-30)35-34(40-33)23-21-32-36(35)41-37(38-32)27-12-6-2-7-13-27/h1-24H.